The zero-order chi connectivity index (χ0) is 13.9. The number of benzene rings is 1. The van der Waals surface area contributed by atoms with E-state index in [-0.39, 0.29) is 11.8 Å². The molecule has 2 aliphatic heterocycles. The lowest BCUT2D eigenvalue weighted by Crippen LogP contribution is -2.40. The van der Waals surface area contributed by atoms with E-state index in [0.29, 0.717) is 38.5 Å². The Morgan fingerprint density at radius 3 is 2.45 bits per heavy atom. The first kappa shape index (κ1) is 12.9. The molecule has 0 radical (unpaired) electrons. The molecular formula is C15H16N2O3. The number of hydrogen-bond donors (Lipinski definition) is 0. The molecule has 1 fully saturated rings. The highest BCUT2D eigenvalue weighted by Crippen LogP contribution is 2.20. The SMILES string of the molecule is O=C1C=C(N2CCOCC2)C(=O)N1Cc1ccccc1. The fourth-order valence-corrected chi connectivity index (χ4v) is 2.44. The van der Waals surface area contributed by atoms with E-state index in [4.69, 9.17) is 4.74 Å². The van der Waals surface area contributed by atoms with Crippen LogP contribution in [0.2, 0.25) is 0 Å². The van der Waals surface area contributed by atoms with E-state index in [1.54, 1.807) is 0 Å². The molecule has 2 aliphatic rings. The van der Waals surface area contributed by atoms with Gasteiger partial charge in [-0.3, -0.25) is 14.5 Å². The Bertz CT molecular complexity index is 547. The third kappa shape index (κ3) is 2.44. The van der Waals surface area contributed by atoms with Gasteiger partial charge in [-0.2, -0.15) is 0 Å². The van der Waals surface area contributed by atoms with E-state index < -0.39 is 0 Å². The van der Waals surface area contributed by atoms with E-state index in [1.807, 2.05) is 35.2 Å². The zero-order valence-corrected chi connectivity index (χ0v) is 11.1. The maximum atomic E-state index is 12.4. The van der Waals surface area contributed by atoms with Crippen LogP contribution in [-0.4, -0.2) is 47.9 Å². The van der Waals surface area contributed by atoms with Gasteiger partial charge in [0, 0.05) is 19.2 Å². The third-order valence-corrected chi connectivity index (χ3v) is 3.53. The average Bonchev–Trinajstić information content (AvgIpc) is 2.77. The van der Waals surface area contributed by atoms with E-state index in [9.17, 15) is 9.59 Å². The molecule has 0 spiro atoms. The van der Waals surface area contributed by atoms with Crippen LogP contribution in [-0.2, 0) is 20.9 Å². The van der Waals surface area contributed by atoms with Gasteiger partial charge in [0.1, 0.15) is 5.70 Å². The summed E-state index contributed by atoms with van der Waals surface area (Å²) in [4.78, 5) is 27.6. The summed E-state index contributed by atoms with van der Waals surface area (Å²) in [5.41, 5.74) is 1.44. The fourth-order valence-electron chi connectivity index (χ4n) is 2.44. The molecule has 5 heteroatoms. The molecule has 0 bridgehead atoms. The van der Waals surface area contributed by atoms with Crippen LogP contribution in [0.3, 0.4) is 0 Å². The van der Waals surface area contributed by atoms with Gasteiger partial charge in [0.05, 0.1) is 19.8 Å². The van der Waals surface area contributed by atoms with Crippen molar-refractivity contribution in [1.82, 2.24) is 9.80 Å². The molecular weight excluding hydrogens is 256 g/mol. The summed E-state index contributed by atoms with van der Waals surface area (Å²) < 4.78 is 5.27. The molecule has 2 amide bonds. The van der Waals surface area contributed by atoms with Gasteiger partial charge in [-0.05, 0) is 5.56 Å². The van der Waals surface area contributed by atoms with Crippen molar-refractivity contribution in [3.05, 3.63) is 47.7 Å². The number of amides is 2. The van der Waals surface area contributed by atoms with Gasteiger partial charge in [-0.15, -0.1) is 0 Å². The number of rotatable bonds is 3. The summed E-state index contributed by atoms with van der Waals surface area (Å²) in [5.74, 6) is -0.443. The number of imide groups is 1. The first-order chi connectivity index (χ1) is 9.75. The topological polar surface area (TPSA) is 49.9 Å². The van der Waals surface area contributed by atoms with Gasteiger partial charge in [-0.1, -0.05) is 30.3 Å². The molecule has 1 aromatic rings. The van der Waals surface area contributed by atoms with Crippen molar-refractivity contribution in [2.45, 2.75) is 6.54 Å². The van der Waals surface area contributed by atoms with Crippen LogP contribution in [0.5, 0.6) is 0 Å². The van der Waals surface area contributed by atoms with Crippen molar-refractivity contribution >= 4 is 11.8 Å². The highest BCUT2D eigenvalue weighted by atomic mass is 16.5. The standard InChI is InChI=1S/C15H16N2O3/c18-14-10-13(16-6-8-20-9-7-16)15(19)17(14)11-12-4-2-1-3-5-12/h1-5,10H,6-9,11H2. The molecule has 1 aromatic carbocycles. The number of ether oxygens (including phenoxy) is 1. The van der Waals surface area contributed by atoms with Crippen molar-refractivity contribution in [3.8, 4) is 0 Å². The van der Waals surface area contributed by atoms with Crippen molar-refractivity contribution in [2.24, 2.45) is 0 Å². The van der Waals surface area contributed by atoms with Crippen molar-refractivity contribution < 1.29 is 14.3 Å². The highest BCUT2D eigenvalue weighted by molar-refractivity contribution is 6.15. The summed E-state index contributed by atoms with van der Waals surface area (Å²) in [6, 6.07) is 9.53. The van der Waals surface area contributed by atoms with Crippen LogP contribution in [0.15, 0.2) is 42.1 Å². The average molecular weight is 272 g/mol. The second-order valence-corrected chi connectivity index (χ2v) is 4.84. The predicted octanol–water partition coefficient (Wildman–Crippen LogP) is 0.771. The van der Waals surface area contributed by atoms with Gasteiger partial charge in [0.2, 0.25) is 0 Å². The quantitative estimate of drug-likeness (QED) is 0.763. The van der Waals surface area contributed by atoms with Gasteiger partial charge in [0.15, 0.2) is 0 Å². The van der Waals surface area contributed by atoms with E-state index >= 15 is 0 Å². The molecule has 0 aliphatic carbocycles. The van der Waals surface area contributed by atoms with Crippen LogP contribution < -0.4 is 0 Å². The lowest BCUT2D eigenvalue weighted by atomic mass is 10.2. The lowest BCUT2D eigenvalue weighted by Gasteiger charge is -2.29. The Morgan fingerprint density at radius 1 is 1.05 bits per heavy atom. The third-order valence-electron chi connectivity index (χ3n) is 3.53. The number of carbonyl (C=O) groups excluding carboxylic acids is 2. The molecule has 3 rings (SSSR count). The second-order valence-electron chi connectivity index (χ2n) is 4.84. The van der Waals surface area contributed by atoms with Gasteiger partial charge < -0.3 is 9.64 Å². The minimum atomic E-state index is -0.236. The second kappa shape index (κ2) is 5.46. The molecule has 0 saturated carbocycles. The van der Waals surface area contributed by atoms with Crippen molar-refractivity contribution in [3.63, 3.8) is 0 Å². The molecule has 2 heterocycles. The Labute approximate surface area is 117 Å². The number of nitrogens with zero attached hydrogens (tertiary/aromatic N) is 2. The Kier molecular flexibility index (Phi) is 3.52. The van der Waals surface area contributed by atoms with Gasteiger partial charge in [-0.25, -0.2) is 0 Å². The fraction of sp³-hybridized carbons (Fsp3) is 0.333. The highest BCUT2D eigenvalue weighted by Gasteiger charge is 2.34. The molecule has 1 saturated heterocycles. The molecule has 104 valence electrons. The summed E-state index contributed by atoms with van der Waals surface area (Å²) in [6.45, 7) is 2.83. The molecule has 20 heavy (non-hydrogen) atoms. The number of hydrogen-bond acceptors (Lipinski definition) is 4. The van der Waals surface area contributed by atoms with Crippen LogP contribution in [0.1, 0.15) is 5.56 Å². The number of morpholine rings is 1. The van der Waals surface area contributed by atoms with Crippen LogP contribution in [0.4, 0.5) is 0 Å². The zero-order valence-electron chi connectivity index (χ0n) is 11.1. The van der Waals surface area contributed by atoms with E-state index in [1.165, 1.54) is 11.0 Å². The van der Waals surface area contributed by atoms with Crippen LogP contribution in [0.25, 0.3) is 0 Å². The Hall–Kier alpha value is -2.14. The first-order valence-electron chi connectivity index (χ1n) is 6.70. The normalized spacial score (nSPS) is 19.5. The van der Waals surface area contributed by atoms with Crippen LogP contribution >= 0.6 is 0 Å². The van der Waals surface area contributed by atoms with Crippen LogP contribution in [0, 0.1) is 0 Å². The summed E-state index contributed by atoms with van der Waals surface area (Å²) in [7, 11) is 0. The maximum absolute atomic E-state index is 12.4. The molecule has 0 atom stereocenters. The lowest BCUT2D eigenvalue weighted by molar-refractivity contribution is -0.138. The van der Waals surface area contributed by atoms with Gasteiger partial charge in [0.25, 0.3) is 11.8 Å². The summed E-state index contributed by atoms with van der Waals surface area (Å²) in [5, 5.41) is 0. The van der Waals surface area contributed by atoms with E-state index in [0.717, 1.165) is 5.56 Å². The minimum absolute atomic E-state index is 0.208. The predicted molar refractivity (Wildman–Crippen MR) is 72.5 cm³/mol. The largest absolute Gasteiger partial charge is 0.378 e. The first-order valence-corrected chi connectivity index (χ1v) is 6.70. The molecule has 0 N–H and O–H groups in total. The molecule has 0 unspecified atom stereocenters. The minimum Gasteiger partial charge on any atom is -0.378 e. The molecule has 0 aromatic heterocycles. The smallest absolute Gasteiger partial charge is 0.277 e. The van der Waals surface area contributed by atoms with Crippen molar-refractivity contribution in [2.75, 3.05) is 26.3 Å². The monoisotopic (exact) mass is 272 g/mol. The van der Waals surface area contributed by atoms with Crippen molar-refractivity contribution in [1.29, 1.82) is 0 Å². The Morgan fingerprint density at radius 2 is 1.75 bits per heavy atom. The summed E-state index contributed by atoms with van der Waals surface area (Å²) in [6.07, 6.45) is 1.44. The summed E-state index contributed by atoms with van der Waals surface area (Å²) >= 11 is 0. The van der Waals surface area contributed by atoms with Gasteiger partial charge >= 0.3 is 0 Å². The maximum Gasteiger partial charge on any atom is 0.277 e. The Balaban J connectivity index is 1.73. The molecule has 5 nitrogen and oxygen atoms in total. The van der Waals surface area contributed by atoms with E-state index in [2.05, 4.69) is 0 Å². The number of carbonyl (C=O) groups is 2.